The lowest BCUT2D eigenvalue weighted by Crippen LogP contribution is -1.98. The van der Waals surface area contributed by atoms with Crippen LogP contribution in [-0.2, 0) is 0 Å². The molecule has 0 fully saturated rings. The molecule has 106 valence electrons. The first-order chi connectivity index (χ1) is 10.1. The number of ketones is 1. The van der Waals surface area contributed by atoms with Crippen LogP contribution in [0.25, 0.3) is 6.08 Å². The van der Waals surface area contributed by atoms with Crippen LogP contribution in [0.3, 0.4) is 0 Å². The molecule has 2 aromatic rings. The van der Waals surface area contributed by atoms with Crippen LogP contribution >= 0.6 is 15.9 Å². The van der Waals surface area contributed by atoms with Gasteiger partial charge in [0.15, 0.2) is 5.76 Å². The number of halogens is 1. The van der Waals surface area contributed by atoms with E-state index < -0.39 is 0 Å². The molecule has 0 bridgehead atoms. The number of methoxy groups -OCH3 is 1. The van der Waals surface area contributed by atoms with Crippen molar-refractivity contribution in [2.75, 3.05) is 7.11 Å². The summed E-state index contributed by atoms with van der Waals surface area (Å²) in [6, 6.07) is 9.91. The fourth-order valence-corrected chi connectivity index (χ4v) is 2.66. The second kappa shape index (κ2) is 5.26. The van der Waals surface area contributed by atoms with Crippen molar-refractivity contribution in [1.29, 1.82) is 0 Å². The van der Waals surface area contributed by atoms with Gasteiger partial charge in [-0.3, -0.25) is 4.79 Å². The van der Waals surface area contributed by atoms with Gasteiger partial charge in [0.25, 0.3) is 0 Å². The van der Waals surface area contributed by atoms with Crippen molar-refractivity contribution in [3.8, 4) is 17.2 Å². The van der Waals surface area contributed by atoms with Gasteiger partial charge < -0.3 is 14.6 Å². The molecule has 1 aliphatic rings. The molecule has 0 atom stereocenters. The number of rotatable bonds is 2. The Balaban J connectivity index is 1.95. The zero-order chi connectivity index (χ0) is 15.0. The molecule has 0 radical (unpaired) electrons. The molecular formula is C16H11BrO4. The SMILES string of the molecule is COc1ccc(C=C2Oc3cc(O)ccc3C2=O)cc1Br. The molecule has 0 saturated carbocycles. The minimum atomic E-state index is -0.197. The molecule has 0 saturated heterocycles. The summed E-state index contributed by atoms with van der Waals surface area (Å²) in [6.07, 6.45) is 1.66. The van der Waals surface area contributed by atoms with Gasteiger partial charge in [-0.2, -0.15) is 0 Å². The molecule has 0 spiro atoms. The van der Waals surface area contributed by atoms with Crippen molar-refractivity contribution in [2.45, 2.75) is 0 Å². The van der Waals surface area contributed by atoms with Crippen LogP contribution in [-0.4, -0.2) is 18.0 Å². The van der Waals surface area contributed by atoms with Gasteiger partial charge in [-0.05, 0) is 51.8 Å². The molecule has 0 aromatic heterocycles. The Bertz CT molecular complexity index is 765. The van der Waals surface area contributed by atoms with Gasteiger partial charge in [-0.25, -0.2) is 0 Å². The van der Waals surface area contributed by atoms with Gasteiger partial charge in [0.1, 0.15) is 17.2 Å². The van der Waals surface area contributed by atoms with Crippen LogP contribution in [0.4, 0.5) is 0 Å². The Morgan fingerprint density at radius 1 is 1.24 bits per heavy atom. The van der Waals surface area contributed by atoms with Gasteiger partial charge in [0, 0.05) is 6.07 Å². The number of Topliss-reactive ketones (excluding diaryl/α,β-unsaturated/α-hetero) is 1. The molecule has 21 heavy (non-hydrogen) atoms. The number of hydrogen-bond acceptors (Lipinski definition) is 4. The van der Waals surface area contributed by atoms with E-state index in [1.54, 1.807) is 25.3 Å². The number of phenolic OH excluding ortho intramolecular Hbond substituents is 1. The first-order valence-electron chi connectivity index (χ1n) is 6.19. The van der Waals surface area contributed by atoms with Crippen LogP contribution in [0.1, 0.15) is 15.9 Å². The number of hydrogen-bond donors (Lipinski definition) is 1. The fraction of sp³-hybridized carbons (Fsp3) is 0.0625. The first kappa shape index (κ1) is 13.7. The molecule has 1 aliphatic heterocycles. The van der Waals surface area contributed by atoms with Gasteiger partial charge in [-0.1, -0.05) is 6.07 Å². The average molecular weight is 347 g/mol. The minimum absolute atomic E-state index is 0.0648. The molecular weight excluding hydrogens is 336 g/mol. The van der Waals surface area contributed by atoms with E-state index in [0.717, 1.165) is 10.0 Å². The molecule has 0 unspecified atom stereocenters. The number of carbonyl (C=O) groups excluding carboxylic acids is 1. The number of fused-ring (bicyclic) bond motifs is 1. The van der Waals surface area contributed by atoms with E-state index in [0.29, 0.717) is 17.1 Å². The van der Waals surface area contributed by atoms with E-state index in [-0.39, 0.29) is 17.3 Å². The topological polar surface area (TPSA) is 55.8 Å². The van der Waals surface area contributed by atoms with Crippen molar-refractivity contribution in [3.63, 3.8) is 0 Å². The number of phenols is 1. The van der Waals surface area contributed by atoms with Crippen LogP contribution in [0.5, 0.6) is 17.2 Å². The molecule has 0 amide bonds. The Kier molecular flexibility index (Phi) is 3.43. The zero-order valence-electron chi connectivity index (χ0n) is 11.1. The van der Waals surface area contributed by atoms with E-state index in [2.05, 4.69) is 15.9 Å². The van der Waals surface area contributed by atoms with Crippen molar-refractivity contribution >= 4 is 27.8 Å². The summed E-state index contributed by atoms with van der Waals surface area (Å²) in [7, 11) is 1.59. The Labute approximate surface area is 129 Å². The van der Waals surface area contributed by atoms with Crippen molar-refractivity contribution in [1.82, 2.24) is 0 Å². The smallest absolute Gasteiger partial charge is 0.231 e. The standard InChI is InChI=1S/C16H11BrO4/c1-20-13-5-2-9(6-12(13)17)7-15-16(19)11-4-3-10(18)8-14(11)21-15/h2-8,18H,1H3. The van der Waals surface area contributed by atoms with Crippen molar-refractivity contribution in [2.24, 2.45) is 0 Å². The molecule has 0 aliphatic carbocycles. The lowest BCUT2D eigenvalue weighted by molar-refractivity contribution is 0.101. The molecule has 1 heterocycles. The maximum Gasteiger partial charge on any atom is 0.231 e. The van der Waals surface area contributed by atoms with Crippen molar-refractivity contribution < 1.29 is 19.4 Å². The second-order valence-electron chi connectivity index (χ2n) is 4.51. The Hall–Kier alpha value is -2.27. The largest absolute Gasteiger partial charge is 0.508 e. The second-order valence-corrected chi connectivity index (χ2v) is 5.37. The maximum absolute atomic E-state index is 12.2. The summed E-state index contributed by atoms with van der Waals surface area (Å²) >= 11 is 3.40. The lowest BCUT2D eigenvalue weighted by atomic mass is 10.1. The van der Waals surface area contributed by atoms with Gasteiger partial charge in [-0.15, -0.1) is 0 Å². The summed E-state index contributed by atoms with van der Waals surface area (Å²) in [5.74, 6) is 1.18. The predicted molar refractivity (Wildman–Crippen MR) is 81.7 cm³/mol. The summed E-state index contributed by atoms with van der Waals surface area (Å²) in [5, 5.41) is 9.42. The van der Waals surface area contributed by atoms with Gasteiger partial charge in [0.2, 0.25) is 5.78 Å². The predicted octanol–water partition coefficient (Wildman–Crippen LogP) is 3.78. The summed E-state index contributed by atoms with van der Waals surface area (Å²) < 4.78 is 11.5. The summed E-state index contributed by atoms with van der Waals surface area (Å²) in [6.45, 7) is 0. The normalized spacial score (nSPS) is 15.0. The third kappa shape index (κ3) is 2.52. The molecule has 2 aromatic carbocycles. The van der Waals surface area contributed by atoms with Crippen LogP contribution in [0.15, 0.2) is 46.6 Å². The van der Waals surface area contributed by atoms with Gasteiger partial charge in [0.05, 0.1) is 17.1 Å². The van der Waals surface area contributed by atoms with Crippen LogP contribution < -0.4 is 9.47 Å². The molecule has 4 nitrogen and oxygen atoms in total. The number of ether oxygens (including phenoxy) is 2. The van der Waals surface area contributed by atoms with E-state index in [1.165, 1.54) is 12.1 Å². The summed E-state index contributed by atoms with van der Waals surface area (Å²) in [4.78, 5) is 12.2. The highest BCUT2D eigenvalue weighted by Gasteiger charge is 2.27. The first-order valence-corrected chi connectivity index (χ1v) is 6.98. The fourth-order valence-electron chi connectivity index (χ4n) is 2.10. The molecule has 1 N–H and O–H groups in total. The highest BCUT2D eigenvalue weighted by Crippen LogP contribution is 2.35. The molecule has 3 rings (SSSR count). The van der Waals surface area contributed by atoms with Crippen molar-refractivity contribution in [3.05, 3.63) is 57.8 Å². The number of carbonyl (C=O) groups is 1. The number of benzene rings is 2. The van der Waals surface area contributed by atoms with Crippen LogP contribution in [0, 0.1) is 0 Å². The van der Waals surface area contributed by atoms with E-state index in [9.17, 15) is 9.90 Å². The number of allylic oxidation sites excluding steroid dienone is 1. The van der Waals surface area contributed by atoms with Gasteiger partial charge >= 0.3 is 0 Å². The average Bonchev–Trinajstić information content (AvgIpc) is 2.75. The molecule has 5 heteroatoms. The highest BCUT2D eigenvalue weighted by atomic mass is 79.9. The van der Waals surface area contributed by atoms with E-state index in [4.69, 9.17) is 9.47 Å². The number of aromatic hydroxyl groups is 1. The zero-order valence-corrected chi connectivity index (χ0v) is 12.7. The Morgan fingerprint density at radius 2 is 2.05 bits per heavy atom. The third-order valence-corrected chi connectivity index (χ3v) is 3.75. The quantitative estimate of drug-likeness (QED) is 0.840. The maximum atomic E-state index is 12.2. The monoisotopic (exact) mass is 346 g/mol. The third-order valence-electron chi connectivity index (χ3n) is 3.13. The summed E-state index contributed by atoms with van der Waals surface area (Å²) in [5.41, 5.74) is 1.26. The van der Waals surface area contributed by atoms with Crippen LogP contribution in [0.2, 0.25) is 0 Å². The Morgan fingerprint density at radius 3 is 2.76 bits per heavy atom. The highest BCUT2D eigenvalue weighted by molar-refractivity contribution is 9.10. The minimum Gasteiger partial charge on any atom is -0.508 e. The lowest BCUT2D eigenvalue weighted by Gasteiger charge is -2.04. The van der Waals surface area contributed by atoms with E-state index >= 15 is 0 Å². The van der Waals surface area contributed by atoms with E-state index in [1.807, 2.05) is 12.1 Å².